The number of piperidine rings is 1. The molecule has 1 atom stereocenters. The molecule has 0 bridgehead atoms. The van der Waals surface area contributed by atoms with E-state index in [0.717, 1.165) is 61.9 Å². The lowest BCUT2D eigenvalue weighted by Gasteiger charge is -2.40. The van der Waals surface area contributed by atoms with Crippen LogP contribution < -0.4 is 5.32 Å². The molecule has 4 heterocycles. The number of aromatic nitrogens is 3. The van der Waals surface area contributed by atoms with E-state index in [-0.39, 0.29) is 17.2 Å². The highest BCUT2D eigenvalue weighted by Crippen LogP contribution is 2.39. The predicted molar refractivity (Wildman–Crippen MR) is 122 cm³/mol. The van der Waals surface area contributed by atoms with Crippen LogP contribution in [0, 0.1) is 5.41 Å². The number of hydrogen-bond acceptors (Lipinski definition) is 5. The van der Waals surface area contributed by atoms with E-state index in [4.69, 9.17) is 0 Å². The second-order valence-corrected chi connectivity index (χ2v) is 9.04. The van der Waals surface area contributed by atoms with Gasteiger partial charge < -0.3 is 9.88 Å². The van der Waals surface area contributed by atoms with E-state index >= 15 is 0 Å². The van der Waals surface area contributed by atoms with E-state index in [9.17, 15) is 9.59 Å². The molecule has 0 aliphatic carbocycles. The highest BCUT2D eigenvalue weighted by Gasteiger charge is 2.42. The highest BCUT2D eigenvalue weighted by atomic mass is 16.2. The standard InChI is InChI=1S/C24H28N6O2/c31-21(28-23-25-9-4-10-26-23)15-29-11-3-7-24(16-29)8-12-30(17-24)22(32)13-18-14-27-20-6-2-1-5-19(18)20/h1-2,4-6,9-10,14,27H,3,7-8,11-13,15-17H2,(H,25,26,28,31). The SMILES string of the molecule is O=C(CN1CCCC2(CCN(C(=O)Cc3c[nH]c4ccccc34)C2)C1)Nc1ncccn1. The van der Waals surface area contributed by atoms with Crippen LogP contribution in [-0.4, -0.2) is 69.3 Å². The van der Waals surface area contributed by atoms with Gasteiger partial charge in [0.15, 0.2) is 0 Å². The van der Waals surface area contributed by atoms with E-state index in [0.29, 0.717) is 18.9 Å². The first-order valence-corrected chi connectivity index (χ1v) is 11.2. The van der Waals surface area contributed by atoms with E-state index < -0.39 is 0 Å². The Morgan fingerprint density at radius 3 is 2.78 bits per heavy atom. The Balaban J connectivity index is 1.18. The molecule has 5 rings (SSSR count). The first-order valence-electron chi connectivity index (χ1n) is 11.2. The molecule has 2 N–H and O–H groups in total. The summed E-state index contributed by atoms with van der Waals surface area (Å²) < 4.78 is 0. The molecular formula is C24H28N6O2. The molecule has 32 heavy (non-hydrogen) atoms. The van der Waals surface area contributed by atoms with Crippen molar-refractivity contribution in [2.75, 3.05) is 38.0 Å². The Hall–Kier alpha value is -3.26. The van der Waals surface area contributed by atoms with Crippen LogP contribution in [0.15, 0.2) is 48.9 Å². The molecule has 1 unspecified atom stereocenters. The van der Waals surface area contributed by atoms with Gasteiger partial charge in [0.2, 0.25) is 17.8 Å². The molecule has 1 aromatic carbocycles. The van der Waals surface area contributed by atoms with Crippen LogP contribution in [0.25, 0.3) is 10.9 Å². The van der Waals surface area contributed by atoms with Crippen LogP contribution in [0.3, 0.4) is 0 Å². The van der Waals surface area contributed by atoms with Gasteiger partial charge in [0, 0.05) is 54.5 Å². The maximum Gasteiger partial charge on any atom is 0.240 e. The summed E-state index contributed by atoms with van der Waals surface area (Å²) in [5, 5.41) is 3.88. The zero-order valence-corrected chi connectivity index (χ0v) is 18.1. The number of likely N-dealkylation sites (tertiary alicyclic amines) is 2. The summed E-state index contributed by atoms with van der Waals surface area (Å²) in [6, 6.07) is 9.81. The third-order valence-electron chi connectivity index (χ3n) is 6.73. The highest BCUT2D eigenvalue weighted by molar-refractivity contribution is 5.90. The summed E-state index contributed by atoms with van der Waals surface area (Å²) in [6.07, 6.45) is 8.73. The Kier molecular flexibility index (Phi) is 5.61. The molecular weight excluding hydrogens is 404 g/mol. The minimum absolute atomic E-state index is 0.0810. The summed E-state index contributed by atoms with van der Waals surface area (Å²) in [7, 11) is 0. The molecule has 3 aromatic rings. The fourth-order valence-electron chi connectivity index (χ4n) is 5.21. The van der Waals surface area contributed by atoms with E-state index in [2.05, 4.69) is 31.2 Å². The van der Waals surface area contributed by atoms with Gasteiger partial charge in [-0.05, 0) is 43.5 Å². The zero-order valence-electron chi connectivity index (χ0n) is 18.1. The second kappa shape index (κ2) is 8.70. The first-order chi connectivity index (χ1) is 15.6. The van der Waals surface area contributed by atoms with Gasteiger partial charge in [0.1, 0.15) is 0 Å². The van der Waals surface area contributed by atoms with Gasteiger partial charge in [-0.2, -0.15) is 0 Å². The molecule has 2 aromatic heterocycles. The number of para-hydroxylation sites is 1. The van der Waals surface area contributed by atoms with Crippen molar-refractivity contribution in [3.8, 4) is 0 Å². The van der Waals surface area contributed by atoms with Crippen molar-refractivity contribution in [1.29, 1.82) is 0 Å². The molecule has 2 amide bonds. The summed E-state index contributed by atoms with van der Waals surface area (Å²) in [5.74, 6) is 0.417. The number of hydrogen-bond donors (Lipinski definition) is 2. The number of aromatic amines is 1. The fourth-order valence-corrected chi connectivity index (χ4v) is 5.21. The maximum absolute atomic E-state index is 13.1. The number of amides is 2. The van der Waals surface area contributed by atoms with Gasteiger partial charge in [-0.15, -0.1) is 0 Å². The minimum Gasteiger partial charge on any atom is -0.361 e. The molecule has 0 radical (unpaired) electrons. The Bertz CT molecular complexity index is 1110. The van der Waals surface area contributed by atoms with Crippen LogP contribution in [0.4, 0.5) is 5.95 Å². The lowest BCUT2D eigenvalue weighted by atomic mass is 9.79. The largest absolute Gasteiger partial charge is 0.361 e. The number of benzene rings is 1. The van der Waals surface area contributed by atoms with Crippen molar-refractivity contribution >= 4 is 28.7 Å². The topological polar surface area (TPSA) is 94.2 Å². The predicted octanol–water partition coefficient (Wildman–Crippen LogP) is 2.45. The van der Waals surface area contributed by atoms with Gasteiger partial charge in [0.25, 0.3) is 0 Å². The maximum atomic E-state index is 13.1. The van der Waals surface area contributed by atoms with Crippen molar-refractivity contribution in [3.63, 3.8) is 0 Å². The number of carbonyl (C=O) groups is 2. The lowest BCUT2D eigenvalue weighted by Crippen LogP contribution is -2.47. The molecule has 2 saturated heterocycles. The number of anilines is 1. The Morgan fingerprint density at radius 1 is 1.06 bits per heavy atom. The zero-order chi connectivity index (χ0) is 22.0. The summed E-state index contributed by atoms with van der Waals surface area (Å²) in [5.41, 5.74) is 2.20. The Labute approximate surface area is 187 Å². The van der Waals surface area contributed by atoms with Crippen molar-refractivity contribution < 1.29 is 9.59 Å². The van der Waals surface area contributed by atoms with E-state index in [1.54, 1.807) is 18.5 Å². The summed E-state index contributed by atoms with van der Waals surface area (Å²) in [6.45, 7) is 3.62. The smallest absolute Gasteiger partial charge is 0.240 e. The molecule has 2 aliphatic heterocycles. The molecule has 2 aliphatic rings. The quantitative estimate of drug-likeness (QED) is 0.646. The van der Waals surface area contributed by atoms with Crippen molar-refractivity contribution in [2.24, 2.45) is 5.41 Å². The average Bonchev–Trinajstić information content (AvgIpc) is 3.39. The third kappa shape index (κ3) is 4.36. The second-order valence-electron chi connectivity index (χ2n) is 9.04. The fraction of sp³-hybridized carbons (Fsp3) is 0.417. The first kappa shape index (κ1) is 20.6. The van der Waals surface area contributed by atoms with Crippen LogP contribution >= 0.6 is 0 Å². The molecule has 8 nitrogen and oxygen atoms in total. The van der Waals surface area contributed by atoms with E-state index in [1.807, 2.05) is 29.3 Å². The van der Waals surface area contributed by atoms with Crippen LogP contribution in [0.2, 0.25) is 0 Å². The van der Waals surface area contributed by atoms with Gasteiger partial charge in [-0.25, -0.2) is 9.97 Å². The summed E-state index contributed by atoms with van der Waals surface area (Å²) >= 11 is 0. The van der Waals surface area contributed by atoms with Gasteiger partial charge in [-0.3, -0.25) is 19.8 Å². The van der Waals surface area contributed by atoms with Crippen molar-refractivity contribution in [3.05, 3.63) is 54.5 Å². The number of fused-ring (bicyclic) bond motifs is 1. The van der Waals surface area contributed by atoms with Crippen LogP contribution in [0.1, 0.15) is 24.8 Å². The Morgan fingerprint density at radius 2 is 1.91 bits per heavy atom. The number of nitrogens with zero attached hydrogens (tertiary/aromatic N) is 4. The molecule has 0 saturated carbocycles. The number of nitrogens with one attached hydrogen (secondary N) is 2. The van der Waals surface area contributed by atoms with Gasteiger partial charge in [0.05, 0.1) is 13.0 Å². The van der Waals surface area contributed by atoms with E-state index in [1.165, 1.54) is 0 Å². The number of rotatable bonds is 5. The normalized spacial score (nSPS) is 21.3. The monoisotopic (exact) mass is 432 g/mol. The molecule has 2 fully saturated rings. The van der Waals surface area contributed by atoms with Gasteiger partial charge >= 0.3 is 0 Å². The van der Waals surface area contributed by atoms with Gasteiger partial charge in [-0.1, -0.05) is 18.2 Å². The minimum atomic E-state index is -0.0986. The van der Waals surface area contributed by atoms with Crippen LogP contribution in [-0.2, 0) is 16.0 Å². The van der Waals surface area contributed by atoms with Crippen LogP contribution in [0.5, 0.6) is 0 Å². The average molecular weight is 433 g/mol. The lowest BCUT2D eigenvalue weighted by molar-refractivity contribution is -0.130. The van der Waals surface area contributed by atoms with Crippen molar-refractivity contribution in [1.82, 2.24) is 24.8 Å². The third-order valence-corrected chi connectivity index (χ3v) is 6.73. The van der Waals surface area contributed by atoms with Crippen molar-refractivity contribution in [2.45, 2.75) is 25.7 Å². The summed E-state index contributed by atoms with van der Waals surface area (Å²) in [4.78, 5) is 41.1. The number of H-pyrrole nitrogens is 1. The molecule has 1 spiro atoms. The number of carbonyl (C=O) groups excluding carboxylic acids is 2. The molecule has 8 heteroatoms. The molecule has 166 valence electrons.